The predicted molar refractivity (Wildman–Crippen MR) is 63.4 cm³/mol. The molecule has 1 aromatic carbocycles. The summed E-state index contributed by atoms with van der Waals surface area (Å²) in [6.07, 6.45) is 0. The molecular weight excluding hydrogens is 204 g/mol. The number of carbonyl (C=O) groups excluding carboxylic acids is 2. The molecule has 0 radical (unpaired) electrons. The van der Waals surface area contributed by atoms with Crippen molar-refractivity contribution in [1.82, 2.24) is 4.90 Å². The molecule has 0 saturated carbocycles. The molecule has 0 aliphatic rings. The number of amides is 2. The standard InChI is InChI=1S/C12H16N2O2/c1-4-14(3)12(16)10-5-7-11(8-6-10)13-9(2)15/h5-8H,4H2,1-3H3,(H,13,15). The van der Waals surface area contributed by atoms with Gasteiger partial charge in [0, 0.05) is 31.8 Å². The van der Waals surface area contributed by atoms with E-state index < -0.39 is 0 Å². The summed E-state index contributed by atoms with van der Waals surface area (Å²) in [4.78, 5) is 24.2. The maximum Gasteiger partial charge on any atom is 0.253 e. The Morgan fingerprint density at radius 1 is 1.25 bits per heavy atom. The van der Waals surface area contributed by atoms with E-state index in [0.717, 1.165) is 0 Å². The van der Waals surface area contributed by atoms with Crippen molar-refractivity contribution in [2.24, 2.45) is 0 Å². The van der Waals surface area contributed by atoms with Crippen molar-refractivity contribution in [3.05, 3.63) is 29.8 Å². The lowest BCUT2D eigenvalue weighted by Crippen LogP contribution is -2.26. The summed E-state index contributed by atoms with van der Waals surface area (Å²) in [5.74, 6) is -0.137. The summed E-state index contributed by atoms with van der Waals surface area (Å²) < 4.78 is 0. The van der Waals surface area contributed by atoms with Crippen molar-refractivity contribution in [3.8, 4) is 0 Å². The van der Waals surface area contributed by atoms with Crippen LogP contribution in [0.5, 0.6) is 0 Å². The Bertz CT molecular complexity index is 385. The van der Waals surface area contributed by atoms with Gasteiger partial charge in [-0.15, -0.1) is 0 Å². The number of nitrogens with one attached hydrogen (secondary N) is 1. The summed E-state index contributed by atoms with van der Waals surface area (Å²) in [6.45, 7) is 4.04. The van der Waals surface area contributed by atoms with Gasteiger partial charge in [0.15, 0.2) is 0 Å². The maximum absolute atomic E-state index is 11.7. The van der Waals surface area contributed by atoms with Crippen LogP contribution in [-0.4, -0.2) is 30.3 Å². The number of nitrogens with zero attached hydrogens (tertiary/aromatic N) is 1. The van der Waals surface area contributed by atoms with Crippen LogP contribution >= 0.6 is 0 Å². The molecule has 2 amide bonds. The van der Waals surface area contributed by atoms with E-state index in [0.29, 0.717) is 17.8 Å². The van der Waals surface area contributed by atoms with Crippen molar-refractivity contribution in [1.29, 1.82) is 0 Å². The molecule has 0 aliphatic heterocycles. The zero-order chi connectivity index (χ0) is 12.1. The van der Waals surface area contributed by atoms with Crippen LogP contribution in [-0.2, 0) is 4.79 Å². The van der Waals surface area contributed by atoms with Crippen LogP contribution < -0.4 is 5.32 Å². The first kappa shape index (κ1) is 12.2. The van der Waals surface area contributed by atoms with Gasteiger partial charge in [0.1, 0.15) is 0 Å². The quantitative estimate of drug-likeness (QED) is 0.843. The van der Waals surface area contributed by atoms with Crippen LogP contribution in [0.1, 0.15) is 24.2 Å². The fourth-order valence-electron chi connectivity index (χ4n) is 1.26. The van der Waals surface area contributed by atoms with E-state index in [-0.39, 0.29) is 11.8 Å². The molecule has 0 aromatic heterocycles. The largest absolute Gasteiger partial charge is 0.342 e. The number of rotatable bonds is 3. The first-order valence-corrected chi connectivity index (χ1v) is 5.17. The number of benzene rings is 1. The maximum atomic E-state index is 11.7. The summed E-state index contributed by atoms with van der Waals surface area (Å²) >= 11 is 0. The molecule has 86 valence electrons. The van der Waals surface area contributed by atoms with Gasteiger partial charge < -0.3 is 10.2 Å². The summed E-state index contributed by atoms with van der Waals surface area (Å²) in [5.41, 5.74) is 1.32. The number of hydrogen-bond donors (Lipinski definition) is 1. The second-order valence-electron chi connectivity index (χ2n) is 3.58. The number of carbonyl (C=O) groups is 2. The van der Waals surface area contributed by atoms with Crippen LogP contribution in [0.2, 0.25) is 0 Å². The molecule has 0 unspecified atom stereocenters. The first-order valence-electron chi connectivity index (χ1n) is 5.17. The molecular formula is C12H16N2O2. The van der Waals surface area contributed by atoms with Crippen molar-refractivity contribution in [3.63, 3.8) is 0 Å². The molecule has 1 N–H and O–H groups in total. The van der Waals surface area contributed by atoms with Gasteiger partial charge in [-0.3, -0.25) is 9.59 Å². The van der Waals surface area contributed by atoms with Crippen molar-refractivity contribution in [2.45, 2.75) is 13.8 Å². The second-order valence-corrected chi connectivity index (χ2v) is 3.58. The third-order valence-corrected chi connectivity index (χ3v) is 2.27. The van der Waals surface area contributed by atoms with E-state index in [1.807, 2.05) is 6.92 Å². The average Bonchev–Trinajstić information content (AvgIpc) is 2.27. The number of anilines is 1. The summed E-state index contributed by atoms with van der Waals surface area (Å²) in [6, 6.07) is 6.86. The molecule has 0 fully saturated rings. The third-order valence-electron chi connectivity index (χ3n) is 2.27. The van der Waals surface area contributed by atoms with Gasteiger partial charge in [-0.2, -0.15) is 0 Å². The molecule has 0 spiro atoms. The minimum Gasteiger partial charge on any atom is -0.342 e. The Morgan fingerprint density at radius 2 is 1.81 bits per heavy atom. The van der Waals surface area contributed by atoms with Crippen LogP contribution in [0.4, 0.5) is 5.69 Å². The van der Waals surface area contributed by atoms with Crippen LogP contribution in [0.25, 0.3) is 0 Å². The third kappa shape index (κ3) is 3.08. The fourth-order valence-corrected chi connectivity index (χ4v) is 1.26. The fraction of sp³-hybridized carbons (Fsp3) is 0.333. The summed E-state index contributed by atoms with van der Waals surface area (Å²) in [7, 11) is 1.75. The van der Waals surface area contributed by atoms with E-state index in [4.69, 9.17) is 0 Å². The lowest BCUT2D eigenvalue weighted by molar-refractivity contribution is -0.114. The first-order chi connectivity index (χ1) is 7.54. The molecule has 1 rings (SSSR count). The molecule has 4 heteroatoms. The van der Waals surface area contributed by atoms with Crippen LogP contribution in [0.15, 0.2) is 24.3 Å². The van der Waals surface area contributed by atoms with E-state index in [2.05, 4.69) is 5.32 Å². The van der Waals surface area contributed by atoms with Gasteiger partial charge >= 0.3 is 0 Å². The minimum absolute atomic E-state index is 0.0168. The Hall–Kier alpha value is -1.84. The van der Waals surface area contributed by atoms with Gasteiger partial charge in [-0.05, 0) is 31.2 Å². The van der Waals surface area contributed by atoms with Crippen molar-refractivity contribution < 1.29 is 9.59 Å². The van der Waals surface area contributed by atoms with Gasteiger partial charge in [0.2, 0.25) is 5.91 Å². The smallest absolute Gasteiger partial charge is 0.253 e. The topological polar surface area (TPSA) is 49.4 Å². The van der Waals surface area contributed by atoms with Crippen molar-refractivity contribution >= 4 is 17.5 Å². The normalized spacial score (nSPS) is 9.69. The number of hydrogen-bond acceptors (Lipinski definition) is 2. The Labute approximate surface area is 95.3 Å². The van der Waals surface area contributed by atoms with Crippen molar-refractivity contribution in [2.75, 3.05) is 18.9 Å². The molecule has 1 aromatic rings. The minimum atomic E-state index is -0.121. The lowest BCUT2D eigenvalue weighted by Gasteiger charge is -2.14. The molecule has 0 aliphatic carbocycles. The van der Waals surface area contributed by atoms with E-state index in [9.17, 15) is 9.59 Å². The summed E-state index contributed by atoms with van der Waals surface area (Å²) in [5, 5.41) is 2.65. The Balaban J connectivity index is 2.78. The van der Waals surface area contributed by atoms with Crippen LogP contribution in [0.3, 0.4) is 0 Å². The Morgan fingerprint density at radius 3 is 2.25 bits per heavy atom. The molecule has 0 heterocycles. The highest BCUT2D eigenvalue weighted by atomic mass is 16.2. The predicted octanol–water partition coefficient (Wildman–Crippen LogP) is 1.74. The van der Waals surface area contributed by atoms with E-state index in [1.165, 1.54) is 6.92 Å². The molecule has 16 heavy (non-hydrogen) atoms. The lowest BCUT2D eigenvalue weighted by atomic mass is 10.2. The molecule has 4 nitrogen and oxygen atoms in total. The monoisotopic (exact) mass is 220 g/mol. The SMILES string of the molecule is CCN(C)C(=O)c1ccc(NC(C)=O)cc1. The average molecular weight is 220 g/mol. The van der Waals surface area contributed by atoms with Gasteiger partial charge in [-0.25, -0.2) is 0 Å². The van der Waals surface area contributed by atoms with Gasteiger partial charge in [-0.1, -0.05) is 0 Å². The zero-order valence-corrected chi connectivity index (χ0v) is 9.78. The van der Waals surface area contributed by atoms with Crippen LogP contribution in [0, 0.1) is 0 Å². The van der Waals surface area contributed by atoms with E-state index in [1.54, 1.807) is 36.2 Å². The van der Waals surface area contributed by atoms with Gasteiger partial charge in [0.25, 0.3) is 5.91 Å². The highest BCUT2D eigenvalue weighted by Crippen LogP contribution is 2.10. The molecule has 0 saturated heterocycles. The highest BCUT2D eigenvalue weighted by Gasteiger charge is 2.09. The zero-order valence-electron chi connectivity index (χ0n) is 9.78. The second kappa shape index (κ2) is 5.30. The highest BCUT2D eigenvalue weighted by molar-refractivity contribution is 5.95. The molecule has 0 bridgehead atoms. The molecule has 0 atom stereocenters. The van der Waals surface area contributed by atoms with E-state index >= 15 is 0 Å². The Kier molecular flexibility index (Phi) is 4.05. The van der Waals surface area contributed by atoms with Gasteiger partial charge in [0.05, 0.1) is 0 Å².